The molecule has 0 radical (unpaired) electrons. The quantitative estimate of drug-likeness (QED) is 0.920. The van der Waals surface area contributed by atoms with Crippen LogP contribution in [0.3, 0.4) is 0 Å². The number of β-amino-alcohol motifs (C(OH)–C–C–N with tert-alkyl or cyclic N) is 1. The molecule has 1 aliphatic heterocycles. The Hall–Kier alpha value is -1.31. The van der Waals surface area contributed by atoms with E-state index in [1.807, 2.05) is 4.90 Å². The van der Waals surface area contributed by atoms with Crippen molar-refractivity contribution in [1.29, 1.82) is 0 Å². The Balaban J connectivity index is 1.74. The fourth-order valence-electron chi connectivity index (χ4n) is 3.63. The Bertz CT molecular complexity index is 499. The van der Waals surface area contributed by atoms with E-state index in [-0.39, 0.29) is 13.0 Å². The highest BCUT2D eigenvalue weighted by molar-refractivity contribution is 5.29. The van der Waals surface area contributed by atoms with Crippen molar-refractivity contribution in [3.63, 3.8) is 0 Å². The average molecular weight is 315 g/mol. The smallest absolute Gasteiger partial charge is 0.252 e. The van der Waals surface area contributed by atoms with E-state index >= 15 is 0 Å². The summed E-state index contributed by atoms with van der Waals surface area (Å²) in [6.07, 6.45) is 2.20. The summed E-state index contributed by atoms with van der Waals surface area (Å²) in [6.45, 7) is 3.37. The largest absolute Gasteiger partial charge is 0.391 e. The molecule has 6 nitrogen and oxygen atoms in total. The lowest BCUT2D eigenvalue weighted by Crippen LogP contribution is -2.44. The normalized spacial score (nSPS) is 32.2. The summed E-state index contributed by atoms with van der Waals surface area (Å²) in [5.41, 5.74) is 0. The molecule has 0 aromatic carbocycles. The molecule has 1 aliphatic carbocycles. The minimum atomic E-state index is -2.64. The van der Waals surface area contributed by atoms with Gasteiger partial charge in [-0.3, -0.25) is 0 Å². The van der Waals surface area contributed by atoms with Gasteiger partial charge in [0.25, 0.3) is 5.92 Å². The number of hydrogen-bond acceptors (Lipinski definition) is 5. The Labute approximate surface area is 128 Å². The van der Waals surface area contributed by atoms with Crippen LogP contribution in [0.15, 0.2) is 0 Å². The molecule has 0 spiro atoms. The van der Waals surface area contributed by atoms with Crippen LogP contribution in [0.25, 0.3) is 0 Å². The van der Waals surface area contributed by atoms with E-state index in [9.17, 15) is 13.9 Å². The highest BCUT2D eigenvalue weighted by Gasteiger charge is 2.42. The number of aromatic nitrogens is 4. The van der Waals surface area contributed by atoms with E-state index < -0.39 is 17.9 Å². The SMILES string of the molecule is C[C@@H]1C[C@H](O)CN(c2nnnn2CC2CCCCC2(F)F)C1. The summed E-state index contributed by atoms with van der Waals surface area (Å²) in [5, 5.41) is 21.5. The molecule has 1 aromatic rings. The number of aliphatic hydroxyl groups excluding tert-OH is 1. The molecule has 0 amide bonds. The van der Waals surface area contributed by atoms with Gasteiger partial charge in [0, 0.05) is 25.4 Å². The van der Waals surface area contributed by atoms with Crippen molar-refractivity contribution < 1.29 is 13.9 Å². The minimum absolute atomic E-state index is 0.0470. The maximum Gasteiger partial charge on any atom is 0.252 e. The first kappa shape index (κ1) is 15.6. The van der Waals surface area contributed by atoms with E-state index in [0.29, 0.717) is 31.3 Å². The number of anilines is 1. The highest BCUT2D eigenvalue weighted by Crippen LogP contribution is 2.39. The maximum absolute atomic E-state index is 14.0. The zero-order chi connectivity index (χ0) is 15.7. The second-order valence-electron chi connectivity index (χ2n) is 6.76. The first-order valence-electron chi connectivity index (χ1n) is 8.02. The Morgan fingerprint density at radius 1 is 1.32 bits per heavy atom. The molecule has 3 atom stereocenters. The van der Waals surface area contributed by atoms with Gasteiger partial charge in [0.1, 0.15) is 0 Å². The predicted octanol–water partition coefficient (Wildman–Crippen LogP) is 1.71. The second-order valence-corrected chi connectivity index (χ2v) is 6.76. The molecule has 124 valence electrons. The highest BCUT2D eigenvalue weighted by atomic mass is 19.3. The lowest BCUT2D eigenvalue weighted by atomic mass is 9.85. The van der Waals surface area contributed by atoms with Crippen LogP contribution < -0.4 is 4.90 Å². The summed E-state index contributed by atoms with van der Waals surface area (Å²) in [6, 6.07) is 0. The zero-order valence-electron chi connectivity index (χ0n) is 12.8. The van der Waals surface area contributed by atoms with Gasteiger partial charge < -0.3 is 10.0 Å². The Morgan fingerprint density at radius 2 is 2.14 bits per heavy atom. The van der Waals surface area contributed by atoms with Crippen molar-refractivity contribution in [2.45, 2.75) is 57.6 Å². The summed E-state index contributed by atoms with van der Waals surface area (Å²) in [4.78, 5) is 1.90. The Kier molecular flexibility index (Phi) is 4.29. The number of hydrogen-bond donors (Lipinski definition) is 1. The van der Waals surface area contributed by atoms with Crippen molar-refractivity contribution in [2.75, 3.05) is 18.0 Å². The lowest BCUT2D eigenvalue weighted by Gasteiger charge is -2.35. The van der Waals surface area contributed by atoms with Crippen LogP contribution in [0.2, 0.25) is 0 Å². The van der Waals surface area contributed by atoms with Crippen molar-refractivity contribution >= 4 is 5.95 Å². The average Bonchev–Trinajstić information content (AvgIpc) is 2.88. The second kappa shape index (κ2) is 6.06. The van der Waals surface area contributed by atoms with E-state index in [1.54, 1.807) is 0 Å². The number of halogens is 2. The van der Waals surface area contributed by atoms with Gasteiger partial charge in [-0.05, 0) is 35.6 Å². The molecule has 2 heterocycles. The molecule has 8 heteroatoms. The van der Waals surface area contributed by atoms with E-state index in [4.69, 9.17) is 0 Å². The van der Waals surface area contributed by atoms with Gasteiger partial charge in [-0.2, -0.15) is 0 Å². The first-order valence-corrected chi connectivity index (χ1v) is 8.02. The van der Waals surface area contributed by atoms with Gasteiger partial charge in [0.15, 0.2) is 0 Å². The number of tetrazole rings is 1. The summed E-state index contributed by atoms with van der Waals surface area (Å²) in [7, 11) is 0. The van der Waals surface area contributed by atoms with Crippen LogP contribution in [-0.4, -0.2) is 50.4 Å². The molecule has 22 heavy (non-hydrogen) atoms. The molecule has 1 unspecified atom stereocenters. The van der Waals surface area contributed by atoms with Gasteiger partial charge in [0.2, 0.25) is 5.95 Å². The van der Waals surface area contributed by atoms with Crippen LogP contribution >= 0.6 is 0 Å². The Morgan fingerprint density at radius 3 is 2.86 bits per heavy atom. The van der Waals surface area contributed by atoms with Crippen LogP contribution in [0.1, 0.15) is 39.0 Å². The number of alkyl halides is 2. The number of rotatable bonds is 3. The summed E-state index contributed by atoms with van der Waals surface area (Å²) in [5.74, 6) is -2.54. The van der Waals surface area contributed by atoms with Crippen LogP contribution in [0.5, 0.6) is 0 Å². The number of piperidine rings is 1. The van der Waals surface area contributed by atoms with E-state index in [2.05, 4.69) is 22.4 Å². The summed E-state index contributed by atoms with van der Waals surface area (Å²) >= 11 is 0. The van der Waals surface area contributed by atoms with Crippen molar-refractivity contribution in [3.05, 3.63) is 0 Å². The molecule has 2 aliphatic rings. The maximum atomic E-state index is 14.0. The molecule has 1 saturated carbocycles. The lowest BCUT2D eigenvalue weighted by molar-refractivity contribution is -0.0919. The molecule has 1 N–H and O–H groups in total. The minimum Gasteiger partial charge on any atom is -0.391 e. The van der Waals surface area contributed by atoms with Crippen molar-refractivity contribution in [1.82, 2.24) is 20.2 Å². The summed E-state index contributed by atoms with van der Waals surface area (Å²) < 4.78 is 29.5. The van der Waals surface area contributed by atoms with E-state index in [1.165, 1.54) is 4.68 Å². The van der Waals surface area contributed by atoms with E-state index in [0.717, 1.165) is 19.4 Å². The number of aliphatic hydroxyl groups is 1. The van der Waals surface area contributed by atoms with Crippen LogP contribution in [0, 0.1) is 11.8 Å². The van der Waals surface area contributed by atoms with Gasteiger partial charge in [-0.25, -0.2) is 13.5 Å². The third-order valence-electron chi connectivity index (χ3n) is 4.74. The monoisotopic (exact) mass is 315 g/mol. The third-order valence-corrected chi connectivity index (χ3v) is 4.74. The fourth-order valence-corrected chi connectivity index (χ4v) is 3.63. The third kappa shape index (κ3) is 3.21. The number of nitrogens with zero attached hydrogens (tertiary/aromatic N) is 5. The molecule has 0 bridgehead atoms. The topological polar surface area (TPSA) is 67.1 Å². The van der Waals surface area contributed by atoms with Gasteiger partial charge in [0.05, 0.1) is 12.6 Å². The molecule has 1 aromatic heterocycles. The van der Waals surface area contributed by atoms with Crippen LogP contribution in [0.4, 0.5) is 14.7 Å². The molecule has 2 fully saturated rings. The van der Waals surface area contributed by atoms with Crippen LogP contribution in [-0.2, 0) is 6.54 Å². The van der Waals surface area contributed by atoms with Crippen molar-refractivity contribution in [2.24, 2.45) is 11.8 Å². The van der Waals surface area contributed by atoms with Gasteiger partial charge >= 0.3 is 0 Å². The van der Waals surface area contributed by atoms with Crippen molar-refractivity contribution in [3.8, 4) is 0 Å². The fraction of sp³-hybridized carbons (Fsp3) is 0.929. The molecule has 3 rings (SSSR count). The standard InChI is InChI=1S/C14H23F2N5O/c1-10-6-12(22)9-20(7-10)13-17-18-19-21(13)8-11-4-2-3-5-14(11,15)16/h10-12,22H,2-9H2,1H3/t10-,11?,12+/m1/s1. The van der Waals surface area contributed by atoms with Gasteiger partial charge in [-0.15, -0.1) is 0 Å². The van der Waals surface area contributed by atoms with Gasteiger partial charge in [-0.1, -0.05) is 18.4 Å². The predicted molar refractivity (Wildman–Crippen MR) is 76.7 cm³/mol. The molecule has 1 saturated heterocycles. The molecular formula is C14H23F2N5O. The first-order chi connectivity index (χ1) is 10.5. The molecular weight excluding hydrogens is 292 g/mol. The zero-order valence-corrected chi connectivity index (χ0v) is 12.8.